The summed E-state index contributed by atoms with van der Waals surface area (Å²) < 4.78 is 10.3. The van der Waals surface area contributed by atoms with Crippen LogP contribution in [-0.4, -0.2) is 13.1 Å². The molecule has 0 aliphatic rings. The van der Waals surface area contributed by atoms with Gasteiger partial charge in [-0.1, -0.05) is 0 Å². The lowest BCUT2D eigenvalue weighted by molar-refractivity contribution is -0.140. The highest BCUT2D eigenvalue weighted by atomic mass is 79.9. The Kier molecular flexibility index (Phi) is 2.92. The fourth-order valence-corrected chi connectivity index (χ4v) is 1.40. The van der Waals surface area contributed by atoms with Gasteiger partial charge in [-0.05, 0) is 34.5 Å². The number of hydrogen-bond donors (Lipinski definition) is 0. The van der Waals surface area contributed by atoms with Gasteiger partial charge in [-0.25, -0.2) is 0 Å². The van der Waals surface area contributed by atoms with Crippen molar-refractivity contribution < 1.29 is 13.9 Å². The smallest absolute Gasteiger partial charge is 0.313 e. The highest BCUT2D eigenvalue weighted by Crippen LogP contribution is 2.19. The van der Waals surface area contributed by atoms with E-state index in [4.69, 9.17) is 4.42 Å². The van der Waals surface area contributed by atoms with Crippen LogP contribution in [0.15, 0.2) is 15.2 Å². The van der Waals surface area contributed by atoms with E-state index in [0.29, 0.717) is 10.4 Å². The molecule has 0 fully saturated rings. The Bertz CT molecular complexity index is 290. The van der Waals surface area contributed by atoms with Crippen molar-refractivity contribution in [3.63, 3.8) is 0 Å². The van der Waals surface area contributed by atoms with Crippen LogP contribution in [0.4, 0.5) is 0 Å². The van der Waals surface area contributed by atoms with E-state index >= 15 is 0 Å². The van der Waals surface area contributed by atoms with Gasteiger partial charge in [-0.2, -0.15) is 0 Å². The number of methoxy groups -OCH3 is 1. The van der Waals surface area contributed by atoms with Crippen LogP contribution in [0.5, 0.6) is 0 Å². The Labute approximate surface area is 78.8 Å². The van der Waals surface area contributed by atoms with Crippen LogP contribution in [0, 0.1) is 6.92 Å². The number of aryl methyl sites for hydroxylation is 1. The third kappa shape index (κ3) is 2.11. The SMILES string of the molecule is COC(=O)Cc1oc(Br)cc1C. The fourth-order valence-electron chi connectivity index (χ4n) is 0.857. The molecule has 0 saturated heterocycles. The van der Waals surface area contributed by atoms with Crippen molar-refractivity contribution in [2.24, 2.45) is 0 Å². The molecule has 0 aromatic carbocycles. The molecule has 0 atom stereocenters. The van der Waals surface area contributed by atoms with Crippen LogP contribution >= 0.6 is 15.9 Å². The zero-order chi connectivity index (χ0) is 9.14. The maximum atomic E-state index is 10.8. The van der Waals surface area contributed by atoms with Gasteiger partial charge in [-0.3, -0.25) is 4.79 Å². The van der Waals surface area contributed by atoms with E-state index in [9.17, 15) is 4.79 Å². The maximum Gasteiger partial charge on any atom is 0.313 e. The molecular formula is C8H9BrO3. The first kappa shape index (κ1) is 9.32. The monoisotopic (exact) mass is 232 g/mol. The summed E-state index contributed by atoms with van der Waals surface area (Å²) in [6, 6.07) is 1.82. The van der Waals surface area contributed by atoms with E-state index < -0.39 is 0 Å². The van der Waals surface area contributed by atoms with Gasteiger partial charge >= 0.3 is 5.97 Å². The van der Waals surface area contributed by atoms with Crippen molar-refractivity contribution in [3.05, 3.63) is 22.1 Å². The fraction of sp³-hybridized carbons (Fsp3) is 0.375. The van der Waals surface area contributed by atoms with Crippen molar-refractivity contribution in [2.45, 2.75) is 13.3 Å². The molecule has 0 amide bonds. The first-order valence-electron chi connectivity index (χ1n) is 3.45. The Morgan fingerprint density at radius 1 is 1.75 bits per heavy atom. The van der Waals surface area contributed by atoms with Crippen LogP contribution in [0.1, 0.15) is 11.3 Å². The summed E-state index contributed by atoms with van der Waals surface area (Å²) in [5, 5.41) is 0. The Hall–Kier alpha value is -0.770. The van der Waals surface area contributed by atoms with E-state index in [2.05, 4.69) is 20.7 Å². The molecule has 0 bridgehead atoms. The average Bonchev–Trinajstić information content (AvgIpc) is 2.30. The van der Waals surface area contributed by atoms with Gasteiger partial charge in [0.15, 0.2) is 4.67 Å². The molecule has 12 heavy (non-hydrogen) atoms. The molecule has 0 unspecified atom stereocenters. The van der Waals surface area contributed by atoms with Gasteiger partial charge in [-0.15, -0.1) is 0 Å². The van der Waals surface area contributed by atoms with Crippen LogP contribution in [0.2, 0.25) is 0 Å². The number of ether oxygens (including phenoxy) is 1. The summed E-state index contributed by atoms with van der Waals surface area (Å²) in [5.41, 5.74) is 0.951. The highest BCUT2D eigenvalue weighted by Gasteiger charge is 2.10. The van der Waals surface area contributed by atoms with Gasteiger partial charge in [0.25, 0.3) is 0 Å². The second kappa shape index (κ2) is 3.76. The third-order valence-electron chi connectivity index (χ3n) is 1.52. The van der Waals surface area contributed by atoms with Crippen LogP contribution in [-0.2, 0) is 16.0 Å². The number of rotatable bonds is 2. The molecule has 1 rings (SSSR count). The van der Waals surface area contributed by atoms with Crippen molar-refractivity contribution >= 4 is 21.9 Å². The largest absolute Gasteiger partial charge is 0.469 e. The zero-order valence-corrected chi connectivity index (χ0v) is 8.47. The first-order chi connectivity index (χ1) is 5.63. The first-order valence-corrected chi connectivity index (χ1v) is 4.24. The molecular weight excluding hydrogens is 224 g/mol. The number of furan rings is 1. The molecule has 0 aliphatic carbocycles. The van der Waals surface area contributed by atoms with E-state index in [1.165, 1.54) is 7.11 Å². The molecule has 3 nitrogen and oxygen atoms in total. The second-order valence-corrected chi connectivity index (χ2v) is 3.19. The molecule has 0 saturated carbocycles. The van der Waals surface area contributed by atoms with Gasteiger partial charge in [0.2, 0.25) is 0 Å². The predicted molar refractivity (Wildman–Crippen MR) is 46.9 cm³/mol. The quantitative estimate of drug-likeness (QED) is 0.734. The minimum absolute atomic E-state index is 0.188. The Morgan fingerprint density at radius 2 is 2.42 bits per heavy atom. The van der Waals surface area contributed by atoms with E-state index in [-0.39, 0.29) is 12.4 Å². The number of hydrogen-bond acceptors (Lipinski definition) is 3. The highest BCUT2D eigenvalue weighted by molar-refractivity contribution is 9.10. The average molecular weight is 233 g/mol. The molecule has 1 aromatic rings. The van der Waals surface area contributed by atoms with Crippen molar-refractivity contribution in [3.8, 4) is 0 Å². The minimum atomic E-state index is -0.292. The van der Waals surface area contributed by atoms with E-state index in [1.54, 1.807) is 0 Å². The zero-order valence-electron chi connectivity index (χ0n) is 6.89. The standard InChI is InChI=1S/C8H9BrO3/c1-5-3-7(9)12-6(5)4-8(10)11-2/h3H,4H2,1-2H3. The van der Waals surface area contributed by atoms with Gasteiger partial charge < -0.3 is 9.15 Å². The summed E-state index contributed by atoms with van der Waals surface area (Å²) in [4.78, 5) is 10.8. The summed E-state index contributed by atoms with van der Waals surface area (Å²) in [5.74, 6) is 0.355. The third-order valence-corrected chi connectivity index (χ3v) is 1.91. The van der Waals surface area contributed by atoms with Gasteiger partial charge in [0.05, 0.1) is 7.11 Å². The minimum Gasteiger partial charge on any atom is -0.469 e. The molecule has 66 valence electrons. The molecule has 1 aromatic heterocycles. The van der Waals surface area contributed by atoms with E-state index in [1.807, 2.05) is 13.0 Å². The molecule has 0 aliphatic heterocycles. The molecule has 0 N–H and O–H groups in total. The van der Waals surface area contributed by atoms with Crippen molar-refractivity contribution in [1.82, 2.24) is 0 Å². The number of esters is 1. The lowest BCUT2D eigenvalue weighted by Gasteiger charge is -1.96. The summed E-state index contributed by atoms with van der Waals surface area (Å²) >= 11 is 3.18. The normalized spacial score (nSPS) is 9.92. The number of carbonyl (C=O) groups excluding carboxylic acids is 1. The summed E-state index contributed by atoms with van der Waals surface area (Å²) in [6.07, 6.45) is 0.188. The maximum absolute atomic E-state index is 10.8. The molecule has 0 spiro atoms. The van der Waals surface area contributed by atoms with Crippen LogP contribution in [0.3, 0.4) is 0 Å². The second-order valence-electron chi connectivity index (χ2n) is 2.41. The summed E-state index contributed by atoms with van der Waals surface area (Å²) in [7, 11) is 1.36. The number of carbonyl (C=O) groups is 1. The number of halogens is 1. The van der Waals surface area contributed by atoms with Gasteiger partial charge in [0.1, 0.15) is 12.2 Å². The molecule has 1 heterocycles. The molecule has 4 heteroatoms. The van der Waals surface area contributed by atoms with E-state index in [0.717, 1.165) is 5.56 Å². The van der Waals surface area contributed by atoms with Gasteiger partial charge in [0, 0.05) is 0 Å². The van der Waals surface area contributed by atoms with Crippen molar-refractivity contribution in [1.29, 1.82) is 0 Å². The van der Waals surface area contributed by atoms with Crippen molar-refractivity contribution in [2.75, 3.05) is 7.11 Å². The Balaban J connectivity index is 2.75. The molecule has 0 radical (unpaired) electrons. The van der Waals surface area contributed by atoms with Crippen LogP contribution < -0.4 is 0 Å². The lowest BCUT2D eigenvalue weighted by atomic mass is 10.2. The Morgan fingerprint density at radius 3 is 2.83 bits per heavy atom. The summed E-state index contributed by atoms with van der Waals surface area (Å²) in [6.45, 7) is 1.88. The predicted octanol–water partition coefficient (Wildman–Crippen LogP) is 2.07. The van der Waals surface area contributed by atoms with Crippen LogP contribution in [0.25, 0.3) is 0 Å². The topological polar surface area (TPSA) is 39.4 Å². The lowest BCUT2D eigenvalue weighted by Crippen LogP contribution is -2.04.